The van der Waals surface area contributed by atoms with E-state index in [1.165, 1.54) is 12.2 Å². The van der Waals surface area contributed by atoms with Crippen LogP contribution >= 0.6 is 11.8 Å². The van der Waals surface area contributed by atoms with E-state index in [2.05, 4.69) is 29.5 Å². The summed E-state index contributed by atoms with van der Waals surface area (Å²) in [6.07, 6.45) is 1.26. The fraction of sp³-hybridized carbons (Fsp3) is 0.889. The van der Waals surface area contributed by atoms with Gasteiger partial charge in [-0.2, -0.15) is 11.8 Å². The van der Waals surface area contributed by atoms with Crippen LogP contribution in [0.3, 0.4) is 0 Å². The van der Waals surface area contributed by atoms with Crippen molar-refractivity contribution in [3.05, 3.63) is 0 Å². The first-order valence-electron chi connectivity index (χ1n) is 4.93. The van der Waals surface area contributed by atoms with E-state index in [0.717, 1.165) is 17.8 Å². The molecule has 1 saturated heterocycles. The topological polar surface area (TPSA) is 36.4 Å². The lowest BCUT2D eigenvalue weighted by molar-refractivity contribution is 0.624. The van der Waals surface area contributed by atoms with Crippen molar-refractivity contribution in [1.29, 1.82) is 0 Å². The molecule has 74 valence electrons. The zero-order valence-electron chi connectivity index (χ0n) is 8.21. The largest absolute Gasteiger partial charge is 0.353 e. The summed E-state index contributed by atoms with van der Waals surface area (Å²) in [6, 6.07) is 1.13. The molecular weight excluding hydrogens is 182 g/mol. The SMILES string of the molecule is CC1CN=C(NC2CSC(C)C2)N1. The summed E-state index contributed by atoms with van der Waals surface area (Å²) in [7, 11) is 0. The Morgan fingerprint density at radius 2 is 2.38 bits per heavy atom. The Morgan fingerprint density at radius 3 is 2.92 bits per heavy atom. The molecule has 0 aromatic rings. The summed E-state index contributed by atoms with van der Waals surface area (Å²) < 4.78 is 0. The maximum atomic E-state index is 4.39. The van der Waals surface area contributed by atoms with Gasteiger partial charge in [-0.3, -0.25) is 4.99 Å². The van der Waals surface area contributed by atoms with Crippen LogP contribution in [-0.2, 0) is 0 Å². The number of thioether (sulfide) groups is 1. The van der Waals surface area contributed by atoms with E-state index >= 15 is 0 Å². The number of hydrogen-bond donors (Lipinski definition) is 2. The van der Waals surface area contributed by atoms with Crippen LogP contribution in [0, 0.1) is 0 Å². The van der Waals surface area contributed by atoms with E-state index in [0.29, 0.717) is 12.1 Å². The maximum Gasteiger partial charge on any atom is 0.191 e. The van der Waals surface area contributed by atoms with Crippen LogP contribution in [0.4, 0.5) is 0 Å². The van der Waals surface area contributed by atoms with Crippen molar-refractivity contribution in [3.8, 4) is 0 Å². The molecule has 2 aliphatic heterocycles. The molecule has 0 amide bonds. The number of hydrogen-bond acceptors (Lipinski definition) is 4. The van der Waals surface area contributed by atoms with Gasteiger partial charge in [0.05, 0.1) is 6.54 Å². The van der Waals surface area contributed by atoms with Crippen molar-refractivity contribution in [3.63, 3.8) is 0 Å². The Kier molecular flexibility index (Phi) is 2.67. The lowest BCUT2D eigenvalue weighted by Gasteiger charge is -2.14. The normalized spacial score (nSPS) is 38.6. The second-order valence-corrected chi connectivity index (χ2v) is 5.43. The Balaban J connectivity index is 1.79. The van der Waals surface area contributed by atoms with E-state index in [4.69, 9.17) is 0 Å². The number of guanidine groups is 1. The lowest BCUT2D eigenvalue weighted by atomic mass is 10.2. The Bertz CT molecular complexity index is 217. The van der Waals surface area contributed by atoms with Crippen molar-refractivity contribution >= 4 is 17.7 Å². The quantitative estimate of drug-likeness (QED) is 0.656. The fourth-order valence-corrected chi connectivity index (χ4v) is 2.90. The highest BCUT2D eigenvalue weighted by Gasteiger charge is 2.24. The number of aliphatic imine (C=N–C) groups is 1. The standard InChI is InChI=1S/C9H17N3S/c1-6-4-10-9(11-6)12-8-3-7(2)13-5-8/h6-8H,3-5H2,1-2H3,(H2,10,11,12). The molecule has 0 aromatic carbocycles. The first-order valence-corrected chi connectivity index (χ1v) is 5.98. The van der Waals surface area contributed by atoms with Gasteiger partial charge in [-0.05, 0) is 13.3 Å². The molecule has 0 spiro atoms. The summed E-state index contributed by atoms with van der Waals surface area (Å²) in [5, 5.41) is 7.58. The number of nitrogens with one attached hydrogen (secondary N) is 2. The van der Waals surface area contributed by atoms with Crippen LogP contribution < -0.4 is 10.6 Å². The number of rotatable bonds is 1. The van der Waals surface area contributed by atoms with Gasteiger partial charge in [-0.25, -0.2) is 0 Å². The van der Waals surface area contributed by atoms with E-state index in [1.807, 2.05) is 11.8 Å². The molecule has 3 atom stereocenters. The minimum Gasteiger partial charge on any atom is -0.353 e. The van der Waals surface area contributed by atoms with Crippen molar-refractivity contribution in [1.82, 2.24) is 10.6 Å². The second-order valence-electron chi connectivity index (χ2n) is 3.96. The molecular formula is C9H17N3S. The predicted molar refractivity (Wildman–Crippen MR) is 58.4 cm³/mol. The summed E-state index contributed by atoms with van der Waals surface area (Å²) in [4.78, 5) is 4.39. The monoisotopic (exact) mass is 199 g/mol. The van der Waals surface area contributed by atoms with E-state index in [-0.39, 0.29) is 0 Å². The summed E-state index contributed by atoms with van der Waals surface area (Å²) in [5.74, 6) is 2.23. The van der Waals surface area contributed by atoms with Crippen LogP contribution in [0.25, 0.3) is 0 Å². The van der Waals surface area contributed by atoms with Gasteiger partial charge in [0.2, 0.25) is 0 Å². The van der Waals surface area contributed by atoms with Crippen molar-refractivity contribution in [2.45, 2.75) is 37.6 Å². The first-order chi connectivity index (χ1) is 6.24. The van der Waals surface area contributed by atoms with Crippen LogP contribution in [0.15, 0.2) is 4.99 Å². The molecule has 2 aliphatic rings. The fourth-order valence-electron chi connectivity index (χ4n) is 1.75. The minimum absolute atomic E-state index is 0.508. The Morgan fingerprint density at radius 1 is 1.54 bits per heavy atom. The van der Waals surface area contributed by atoms with Crippen molar-refractivity contribution in [2.24, 2.45) is 4.99 Å². The van der Waals surface area contributed by atoms with Gasteiger partial charge in [0.1, 0.15) is 0 Å². The molecule has 0 aromatic heterocycles. The third-order valence-electron chi connectivity index (χ3n) is 2.45. The maximum absolute atomic E-state index is 4.39. The molecule has 2 heterocycles. The van der Waals surface area contributed by atoms with Crippen LogP contribution in [0.5, 0.6) is 0 Å². The number of nitrogens with zero attached hydrogens (tertiary/aromatic N) is 1. The average Bonchev–Trinajstić information content (AvgIpc) is 2.62. The summed E-state index contributed by atoms with van der Waals surface area (Å²) in [5.41, 5.74) is 0. The molecule has 13 heavy (non-hydrogen) atoms. The second kappa shape index (κ2) is 3.78. The van der Waals surface area contributed by atoms with Gasteiger partial charge in [0, 0.05) is 23.1 Å². The van der Waals surface area contributed by atoms with Crippen LogP contribution in [0.2, 0.25) is 0 Å². The van der Waals surface area contributed by atoms with Crippen molar-refractivity contribution < 1.29 is 0 Å². The molecule has 0 saturated carbocycles. The van der Waals surface area contributed by atoms with Gasteiger partial charge >= 0.3 is 0 Å². The van der Waals surface area contributed by atoms with Crippen LogP contribution in [0.1, 0.15) is 20.3 Å². The van der Waals surface area contributed by atoms with Gasteiger partial charge in [-0.1, -0.05) is 6.92 Å². The predicted octanol–water partition coefficient (Wildman–Crippen LogP) is 0.818. The van der Waals surface area contributed by atoms with Gasteiger partial charge in [0.15, 0.2) is 5.96 Å². The smallest absolute Gasteiger partial charge is 0.191 e. The Labute approximate surface area is 83.8 Å². The van der Waals surface area contributed by atoms with Gasteiger partial charge in [-0.15, -0.1) is 0 Å². The van der Waals surface area contributed by atoms with Gasteiger partial charge < -0.3 is 10.6 Å². The molecule has 1 fully saturated rings. The highest BCUT2D eigenvalue weighted by atomic mass is 32.2. The summed E-state index contributed by atoms with van der Waals surface area (Å²) in [6.45, 7) is 5.36. The molecule has 3 unspecified atom stereocenters. The first kappa shape index (κ1) is 9.19. The molecule has 0 radical (unpaired) electrons. The zero-order valence-corrected chi connectivity index (χ0v) is 9.03. The van der Waals surface area contributed by atoms with Crippen molar-refractivity contribution in [2.75, 3.05) is 12.3 Å². The average molecular weight is 199 g/mol. The molecule has 0 aliphatic carbocycles. The highest BCUT2D eigenvalue weighted by Crippen LogP contribution is 2.25. The Hall–Kier alpha value is -0.380. The molecule has 2 N–H and O–H groups in total. The van der Waals surface area contributed by atoms with E-state index in [9.17, 15) is 0 Å². The molecule has 2 rings (SSSR count). The van der Waals surface area contributed by atoms with E-state index < -0.39 is 0 Å². The van der Waals surface area contributed by atoms with E-state index in [1.54, 1.807) is 0 Å². The van der Waals surface area contributed by atoms with Crippen LogP contribution in [-0.4, -0.2) is 35.6 Å². The van der Waals surface area contributed by atoms with Gasteiger partial charge in [0.25, 0.3) is 0 Å². The molecule has 3 nitrogen and oxygen atoms in total. The zero-order chi connectivity index (χ0) is 9.26. The lowest BCUT2D eigenvalue weighted by Crippen LogP contribution is -2.43. The molecule has 4 heteroatoms. The third kappa shape index (κ3) is 2.30. The highest BCUT2D eigenvalue weighted by molar-refractivity contribution is 8.00. The molecule has 0 bridgehead atoms. The third-order valence-corrected chi connectivity index (χ3v) is 3.80. The summed E-state index contributed by atoms with van der Waals surface area (Å²) >= 11 is 2.04. The minimum atomic E-state index is 0.508.